The quantitative estimate of drug-likeness (QED) is 0.567. The second kappa shape index (κ2) is 9.18. The van der Waals surface area contributed by atoms with Crippen LogP contribution in [0.3, 0.4) is 0 Å². The van der Waals surface area contributed by atoms with E-state index in [2.05, 4.69) is 5.32 Å². The van der Waals surface area contributed by atoms with Gasteiger partial charge in [-0.25, -0.2) is 0 Å². The van der Waals surface area contributed by atoms with Crippen molar-refractivity contribution in [2.45, 2.75) is 33.2 Å². The van der Waals surface area contributed by atoms with E-state index in [1.54, 1.807) is 7.11 Å². The summed E-state index contributed by atoms with van der Waals surface area (Å²) in [7, 11) is 1.61. The zero-order valence-corrected chi connectivity index (χ0v) is 18.9. The average molecular weight is 436 g/mol. The molecule has 1 saturated heterocycles. The van der Waals surface area contributed by atoms with Crippen LogP contribution in [0.5, 0.6) is 11.5 Å². The molecular formula is C26H29NO5. The van der Waals surface area contributed by atoms with Gasteiger partial charge >= 0.3 is 0 Å². The van der Waals surface area contributed by atoms with E-state index in [1.165, 1.54) is 0 Å². The number of nitrogens with one attached hydrogen (secondary N) is 1. The molecule has 1 aliphatic heterocycles. The number of rotatable bonds is 6. The normalized spacial score (nSPS) is 20.8. The summed E-state index contributed by atoms with van der Waals surface area (Å²) in [4.78, 5) is 13.2. The maximum absolute atomic E-state index is 13.2. The molecule has 0 atom stereocenters. The SMILES string of the molecule is COc1ccccc1C1OCC(C)(C(=O)Nc2ccc(OC(C)C)c3ccccc23)CO1. The lowest BCUT2D eigenvalue weighted by Gasteiger charge is -2.36. The summed E-state index contributed by atoms with van der Waals surface area (Å²) in [5, 5.41) is 4.95. The van der Waals surface area contributed by atoms with Crippen LogP contribution in [-0.4, -0.2) is 32.3 Å². The number of hydrogen-bond donors (Lipinski definition) is 1. The van der Waals surface area contributed by atoms with Crippen LogP contribution in [0.15, 0.2) is 60.7 Å². The first-order chi connectivity index (χ1) is 15.4. The highest BCUT2D eigenvalue weighted by molar-refractivity contribution is 6.05. The summed E-state index contributed by atoms with van der Waals surface area (Å²) in [5.41, 5.74) is 0.714. The number of amides is 1. The summed E-state index contributed by atoms with van der Waals surface area (Å²) >= 11 is 0. The average Bonchev–Trinajstić information content (AvgIpc) is 2.81. The number of fused-ring (bicyclic) bond motifs is 1. The van der Waals surface area contributed by atoms with Crippen LogP contribution >= 0.6 is 0 Å². The van der Waals surface area contributed by atoms with E-state index in [0.29, 0.717) is 5.75 Å². The van der Waals surface area contributed by atoms with Crippen molar-refractivity contribution in [3.8, 4) is 11.5 Å². The zero-order valence-electron chi connectivity index (χ0n) is 18.9. The van der Waals surface area contributed by atoms with Crippen molar-refractivity contribution in [3.05, 3.63) is 66.2 Å². The molecule has 0 aromatic heterocycles. The van der Waals surface area contributed by atoms with E-state index in [4.69, 9.17) is 18.9 Å². The Bertz CT molecular complexity index is 1100. The van der Waals surface area contributed by atoms with Crippen molar-refractivity contribution in [2.24, 2.45) is 5.41 Å². The topological polar surface area (TPSA) is 66.0 Å². The van der Waals surface area contributed by atoms with Crippen LogP contribution in [0.25, 0.3) is 10.8 Å². The largest absolute Gasteiger partial charge is 0.496 e. The molecule has 0 spiro atoms. The molecule has 168 valence electrons. The smallest absolute Gasteiger partial charge is 0.235 e. The first-order valence-electron chi connectivity index (χ1n) is 10.8. The summed E-state index contributed by atoms with van der Waals surface area (Å²) in [6.45, 7) is 6.29. The number of carbonyl (C=O) groups is 1. The van der Waals surface area contributed by atoms with Crippen LogP contribution in [-0.2, 0) is 14.3 Å². The summed E-state index contributed by atoms with van der Waals surface area (Å²) in [5.74, 6) is 1.34. The number of anilines is 1. The number of para-hydroxylation sites is 1. The summed E-state index contributed by atoms with van der Waals surface area (Å²) < 4.78 is 23.2. The molecule has 3 aromatic rings. The Hall–Kier alpha value is -3.09. The Morgan fingerprint density at radius 1 is 0.969 bits per heavy atom. The molecule has 1 N–H and O–H groups in total. The maximum Gasteiger partial charge on any atom is 0.235 e. The molecule has 0 aliphatic carbocycles. The molecule has 0 radical (unpaired) electrons. The molecule has 3 aromatic carbocycles. The fourth-order valence-corrected chi connectivity index (χ4v) is 3.79. The zero-order chi connectivity index (χ0) is 22.7. The highest BCUT2D eigenvalue weighted by Gasteiger charge is 2.40. The van der Waals surface area contributed by atoms with E-state index in [9.17, 15) is 4.79 Å². The van der Waals surface area contributed by atoms with Gasteiger partial charge in [0.25, 0.3) is 0 Å². The lowest BCUT2D eigenvalue weighted by molar-refractivity contribution is -0.226. The molecule has 6 nitrogen and oxygen atoms in total. The van der Waals surface area contributed by atoms with Gasteiger partial charge in [0.1, 0.15) is 11.5 Å². The lowest BCUT2D eigenvalue weighted by Crippen LogP contribution is -2.45. The van der Waals surface area contributed by atoms with Gasteiger partial charge in [-0.1, -0.05) is 42.5 Å². The number of carbonyl (C=O) groups excluding carboxylic acids is 1. The highest BCUT2D eigenvalue weighted by atomic mass is 16.7. The molecule has 1 aliphatic rings. The Morgan fingerprint density at radius 2 is 1.62 bits per heavy atom. The van der Waals surface area contributed by atoms with Crippen LogP contribution in [0.2, 0.25) is 0 Å². The van der Waals surface area contributed by atoms with E-state index in [0.717, 1.165) is 27.8 Å². The first-order valence-corrected chi connectivity index (χ1v) is 10.8. The van der Waals surface area contributed by atoms with Gasteiger partial charge in [0.05, 0.1) is 31.8 Å². The van der Waals surface area contributed by atoms with Crippen LogP contribution in [0.4, 0.5) is 5.69 Å². The predicted molar refractivity (Wildman–Crippen MR) is 124 cm³/mol. The van der Waals surface area contributed by atoms with Gasteiger partial charge in [0.15, 0.2) is 6.29 Å². The van der Waals surface area contributed by atoms with Crippen molar-refractivity contribution >= 4 is 22.4 Å². The van der Waals surface area contributed by atoms with E-state index < -0.39 is 11.7 Å². The van der Waals surface area contributed by atoms with Crippen molar-refractivity contribution in [1.82, 2.24) is 0 Å². The third-order valence-electron chi connectivity index (χ3n) is 5.54. The van der Waals surface area contributed by atoms with E-state index >= 15 is 0 Å². The minimum Gasteiger partial charge on any atom is -0.496 e. The molecule has 4 rings (SSSR count). The second-order valence-electron chi connectivity index (χ2n) is 8.53. The minimum absolute atomic E-state index is 0.0606. The van der Waals surface area contributed by atoms with Crippen LogP contribution in [0.1, 0.15) is 32.6 Å². The molecule has 1 heterocycles. The van der Waals surface area contributed by atoms with Crippen LogP contribution < -0.4 is 14.8 Å². The van der Waals surface area contributed by atoms with Gasteiger partial charge in [0, 0.05) is 22.0 Å². The first kappa shape index (κ1) is 22.1. The molecular weight excluding hydrogens is 406 g/mol. The third-order valence-corrected chi connectivity index (χ3v) is 5.54. The van der Waals surface area contributed by atoms with Crippen molar-refractivity contribution in [1.29, 1.82) is 0 Å². The predicted octanol–water partition coefficient (Wildman–Crippen LogP) is 5.33. The maximum atomic E-state index is 13.2. The second-order valence-corrected chi connectivity index (χ2v) is 8.53. The van der Waals surface area contributed by atoms with Crippen molar-refractivity contribution in [2.75, 3.05) is 25.6 Å². The Balaban J connectivity index is 1.50. The molecule has 32 heavy (non-hydrogen) atoms. The van der Waals surface area contributed by atoms with Crippen molar-refractivity contribution in [3.63, 3.8) is 0 Å². The number of hydrogen-bond acceptors (Lipinski definition) is 5. The van der Waals surface area contributed by atoms with Gasteiger partial charge in [-0.05, 0) is 39.0 Å². The number of benzene rings is 3. The summed E-state index contributed by atoms with van der Waals surface area (Å²) in [6, 6.07) is 19.2. The van der Waals surface area contributed by atoms with Crippen molar-refractivity contribution < 1.29 is 23.7 Å². The fraction of sp³-hybridized carbons (Fsp3) is 0.346. The minimum atomic E-state index is -0.827. The van der Waals surface area contributed by atoms with Crippen LogP contribution in [0, 0.1) is 5.41 Å². The molecule has 1 amide bonds. The molecule has 6 heteroatoms. The summed E-state index contributed by atoms with van der Waals surface area (Å²) in [6.07, 6.45) is -0.509. The standard InChI is InChI=1S/C26H29NO5/c1-17(2)32-23-14-13-21(18-9-5-6-10-19(18)23)27-25(28)26(3)15-30-24(31-16-26)20-11-7-8-12-22(20)29-4/h5-14,17,24H,15-16H2,1-4H3,(H,27,28). The fourth-order valence-electron chi connectivity index (χ4n) is 3.79. The van der Waals surface area contributed by atoms with Gasteiger partial charge in [0.2, 0.25) is 5.91 Å². The molecule has 0 saturated carbocycles. The molecule has 0 bridgehead atoms. The van der Waals surface area contributed by atoms with Gasteiger partial charge in [-0.2, -0.15) is 0 Å². The van der Waals surface area contributed by atoms with Gasteiger partial charge < -0.3 is 24.3 Å². The van der Waals surface area contributed by atoms with Gasteiger partial charge in [-0.15, -0.1) is 0 Å². The van der Waals surface area contributed by atoms with Gasteiger partial charge in [-0.3, -0.25) is 4.79 Å². The third kappa shape index (κ3) is 4.42. The molecule has 0 unspecified atom stereocenters. The monoisotopic (exact) mass is 435 g/mol. The molecule has 1 fully saturated rings. The lowest BCUT2D eigenvalue weighted by atomic mass is 9.90. The van der Waals surface area contributed by atoms with E-state index in [1.807, 2.05) is 81.4 Å². The highest BCUT2D eigenvalue weighted by Crippen LogP contribution is 2.37. The Kier molecular flexibility index (Phi) is 6.35. The van der Waals surface area contributed by atoms with E-state index in [-0.39, 0.29) is 25.2 Å². The Morgan fingerprint density at radius 3 is 2.31 bits per heavy atom. The Labute approximate surface area is 188 Å². The number of ether oxygens (including phenoxy) is 4. The number of methoxy groups -OCH3 is 1.